The van der Waals surface area contributed by atoms with Crippen molar-refractivity contribution in [1.82, 2.24) is 0 Å². The van der Waals surface area contributed by atoms with Gasteiger partial charge in [0.2, 0.25) is 19.7 Å². The first-order valence-corrected chi connectivity index (χ1v) is 22.6. The van der Waals surface area contributed by atoms with Gasteiger partial charge in [0.05, 0.1) is 23.0 Å². The van der Waals surface area contributed by atoms with Crippen molar-refractivity contribution in [2.24, 2.45) is 0 Å². The van der Waals surface area contributed by atoms with E-state index in [1.54, 1.807) is 60.7 Å². The second kappa shape index (κ2) is 18.7. The molecule has 0 aliphatic rings. The van der Waals surface area contributed by atoms with Crippen LogP contribution in [0.2, 0.25) is 0 Å². The monoisotopic (exact) mass is 850 g/mol. The Hall–Kier alpha value is -6.66. The van der Waals surface area contributed by atoms with Gasteiger partial charge in [-0.1, -0.05) is 103 Å². The molecule has 0 aromatic heterocycles. The van der Waals surface area contributed by atoms with E-state index in [1.165, 1.54) is 36.4 Å². The lowest BCUT2D eigenvalue weighted by Crippen LogP contribution is -2.13. The maximum absolute atomic E-state index is 13.7. The number of para-hydroxylation sites is 2. The molecule has 0 N–H and O–H groups in total. The van der Waals surface area contributed by atoms with Gasteiger partial charge in [0.25, 0.3) is 0 Å². The summed E-state index contributed by atoms with van der Waals surface area (Å²) in [5.41, 5.74) is 1.97. The number of hydrogen-bond acceptors (Lipinski definition) is 9. The van der Waals surface area contributed by atoms with E-state index in [9.17, 15) is 16.8 Å². The molecule has 308 valence electrons. The van der Waals surface area contributed by atoms with Crippen molar-refractivity contribution < 1.29 is 40.5 Å². The zero-order valence-corrected chi connectivity index (χ0v) is 34.7. The highest BCUT2D eigenvalue weighted by atomic mass is 32.2. The fourth-order valence-electron chi connectivity index (χ4n) is 6.87. The van der Waals surface area contributed by atoms with Gasteiger partial charge in [0.15, 0.2) is 0 Å². The van der Waals surface area contributed by atoms with Gasteiger partial charge in [-0.05, 0) is 112 Å². The summed E-state index contributed by atoms with van der Waals surface area (Å²) in [5.74, 6) is 1.52. The Labute approximate surface area is 355 Å². The first-order valence-electron chi connectivity index (χ1n) is 19.7. The van der Waals surface area contributed by atoms with Crippen LogP contribution in [0.5, 0.6) is 23.0 Å². The maximum atomic E-state index is 13.7. The molecule has 0 saturated heterocycles. The van der Waals surface area contributed by atoms with E-state index in [2.05, 4.69) is 18.2 Å². The lowest BCUT2D eigenvalue weighted by molar-refractivity contribution is 0.0757. The van der Waals surface area contributed by atoms with Crippen LogP contribution in [0.3, 0.4) is 0 Å². The topological polar surface area (TPSA) is 114 Å². The van der Waals surface area contributed by atoms with E-state index in [0.717, 1.165) is 32.7 Å². The van der Waals surface area contributed by atoms with Gasteiger partial charge in [-0.15, -0.1) is 0 Å². The minimum absolute atomic E-state index is 0.0465. The normalized spacial score (nSPS) is 11.7. The summed E-state index contributed by atoms with van der Waals surface area (Å²) in [6.45, 7) is 1.27. The number of benzene rings is 8. The zero-order valence-electron chi connectivity index (χ0n) is 33.1. The van der Waals surface area contributed by atoms with Crippen molar-refractivity contribution in [3.8, 4) is 23.0 Å². The fourth-order valence-corrected chi connectivity index (χ4v) is 9.66. The van der Waals surface area contributed by atoms with Gasteiger partial charge in [0, 0.05) is 0 Å². The molecule has 0 aliphatic carbocycles. The highest BCUT2D eigenvalue weighted by molar-refractivity contribution is 7.92. The molecule has 0 atom stereocenters. The van der Waals surface area contributed by atoms with Gasteiger partial charge in [-0.25, -0.2) is 16.8 Å². The summed E-state index contributed by atoms with van der Waals surface area (Å²) < 4.78 is 84.1. The predicted molar refractivity (Wildman–Crippen MR) is 235 cm³/mol. The van der Waals surface area contributed by atoms with E-state index < -0.39 is 19.7 Å². The zero-order chi connectivity index (χ0) is 42.1. The second-order valence-electron chi connectivity index (χ2n) is 14.0. The summed E-state index contributed by atoms with van der Waals surface area (Å²) in [6.07, 6.45) is 0. The molecule has 0 heterocycles. The van der Waals surface area contributed by atoms with Crippen molar-refractivity contribution in [3.63, 3.8) is 0 Å². The minimum Gasteiger partial charge on any atom is -0.491 e. The summed E-state index contributed by atoms with van der Waals surface area (Å²) >= 11 is 0. The van der Waals surface area contributed by atoms with E-state index in [0.29, 0.717) is 18.1 Å². The van der Waals surface area contributed by atoms with Crippen LogP contribution in [0.4, 0.5) is 0 Å². The number of fused-ring (bicyclic) bond motifs is 2. The van der Waals surface area contributed by atoms with Crippen molar-refractivity contribution in [2.75, 3.05) is 26.4 Å². The van der Waals surface area contributed by atoms with Crippen LogP contribution in [-0.2, 0) is 37.6 Å². The molecule has 9 nitrogen and oxygen atoms in total. The third kappa shape index (κ3) is 9.71. The van der Waals surface area contributed by atoms with Crippen molar-refractivity contribution >= 4 is 41.2 Å². The van der Waals surface area contributed by atoms with Crippen LogP contribution in [0.15, 0.2) is 202 Å². The van der Waals surface area contributed by atoms with Gasteiger partial charge < -0.3 is 23.7 Å². The summed E-state index contributed by atoms with van der Waals surface area (Å²) in [6, 6.07) is 53.9. The number of ether oxygens (including phenoxy) is 5. The molecule has 61 heavy (non-hydrogen) atoms. The molecule has 8 aromatic carbocycles. The molecular formula is C50H42O9S2. The van der Waals surface area contributed by atoms with Crippen LogP contribution in [0.25, 0.3) is 21.5 Å². The molecule has 0 amide bonds. The Balaban J connectivity index is 0.793. The molecule has 0 fully saturated rings. The average molecular weight is 851 g/mol. The SMILES string of the molecule is O=S(=O)(c1ccc(OCc2cccc3ccccc23)cc1)c1ccccc1OCCOCCOc1ccc(S(=O)(=O)c2ccccc2OCc2ccc3ccccc3c2)cc1. The Morgan fingerprint density at radius 2 is 0.902 bits per heavy atom. The Morgan fingerprint density at radius 1 is 0.377 bits per heavy atom. The summed E-state index contributed by atoms with van der Waals surface area (Å²) in [4.78, 5) is 0.348. The van der Waals surface area contributed by atoms with Crippen LogP contribution in [-0.4, -0.2) is 43.3 Å². The van der Waals surface area contributed by atoms with Crippen LogP contribution in [0.1, 0.15) is 11.1 Å². The standard InChI is InChI=1S/C50H42O9S2/c51-60(52,45-28-24-43(25-29-45)58-36-41-14-9-13-39-11-3-4-15-46(39)41)49-18-7-5-16-47(49)57-33-31-55-30-32-56-42-22-26-44(27-23-42)61(53,54)50-19-8-6-17-48(50)59-35-37-20-21-38-10-1-2-12-40(38)34-37/h1-29,34H,30-33,35-36H2. The quantitative estimate of drug-likeness (QED) is 0.0779. The largest absolute Gasteiger partial charge is 0.491 e. The molecule has 0 spiro atoms. The number of rotatable bonds is 18. The molecule has 0 unspecified atom stereocenters. The Bertz CT molecular complexity index is 2980. The molecular weight excluding hydrogens is 809 g/mol. The van der Waals surface area contributed by atoms with E-state index >= 15 is 0 Å². The maximum Gasteiger partial charge on any atom is 0.210 e. The molecule has 0 saturated carbocycles. The molecule has 0 bridgehead atoms. The van der Waals surface area contributed by atoms with E-state index in [-0.39, 0.29) is 64.1 Å². The fraction of sp³-hybridized carbons (Fsp3) is 0.120. The number of hydrogen-bond donors (Lipinski definition) is 0. The van der Waals surface area contributed by atoms with E-state index in [1.807, 2.05) is 66.7 Å². The third-order valence-electron chi connectivity index (χ3n) is 10.0. The van der Waals surface area contributed by atoms with Crippen molar-refractivity contribution in [3.05, 3.63) is 193 Å². The van der Waals surface area contributed by atoms with E-state index in [4.69, 9.17) is 23.7 Å². The van der Waals surface area contributed by atoms with Crippen LogP contribution < -0.4 is 18.9 Å². The van der Waals surface area contributed by atoms with Gasteiger partial charge in [0.1, 0.15) is 59.2 Å². The smallest absolute Gasteiger partial charge is 0.210 e. The van der Waals surface area contributed by atoms with Crippen molar-refractivity contribution in [2.45, 2.75) is 32.8 Å². The first kappa shape index (κ1) is 41.1. The summed E-state index contributed by atoms with van der Waals surface area (Å²) in [5, 5.41) is 4.43. The molecule has 8 rings (SSSR count). The summed E-state index contributed by atoms with van der Waals surface area (Å²) in [7, 11) is -7.79. The van der Waals surface area contributed by atoms with Crippen molar-refractivity contribution in [1.29, 1.82) is 0 Å². The molecule has 8 aromatic rings. The molecule has 0 aliphatic heterocycles. The highest BCUT2D eigenvalue weighted by Gasteiger charge is 2.24. The Kier molecular flexibility index (Phi) is 12.6. The predicted octanol–water partition coefficient (Wildman–Crippen LogP) is 10.3. The molecule has 0 radical (unpaired) electrons. The minimum atomic E-state index is -3.90. The highest BCUT2D eigenvalue weighted by Crippen LogP contribution is 2.33. The average Bonchev–Trinajstić information content (AvgIpc) is 3.30. The van der Waals surface area contributed by atoms with Gasteiger partial charge in [-0.2, -0.15) is 0 Å². The lowest BCUT2D eigenvalue weighted by atomic mass is 10.1. The number of sulfone groups is 2. The van der Waals surface area contributed by atoms with Gasteiger partial charge in [-0.3, -0.25) is 0 Å². The van der Waals surface area contributed by atoms with Gasteiger partial charge >= 0.3 is 0 Å². The third-order valence-corrected chi connectivity index (χ3v) is 13.6. The Morgan fingerprint density at radius 3 is 1.57 bits per heavy atom. The first-order chi connectivity index (χ1) is 29.8. The molecule has 11 heteroatoms. The lowest BCUT2D eigenvalue weighted by Gasteiger charge is -2.14. The van der Waals surface area contributed by atoms with Crippen LogP contribution in [0, 0.1) is 0 Å². The van der Waals surface area contributed by atoms with Crippen LogP contribution >= 0.6 is 0 Å². The second-order valence-corrected chi connectivity index (χ2v) is 17.9.